The molecule has 10 heteroatoms. The molecule has 0 N–H and O–H groups in total. The minimum atomic E-state index is -0.999. The average Bonchev–Trinajstić information content (AvgIpc) is 2.62. The third kappa shape index (κ3) is 4.81. The Labute approximate surface area is 173 Å². The zero-order valence-electron chi connectivity index (χ0n) is 17.5. The first-order valence-corrected chi connectivity index (χ1v) is 9.18. The average molecular weight is 420 g/mol. The number of esters is 2. The van der Waals surface area contributed by atoms with Crippen LogP contribution in [-0.2, 0) is 19.1 Å². The van der Waals surface area contributed by atoms with Crippen LogP contribution in [0.3, 0.4) is 0 Å². The number of benzene rings is 1. The molecule has 0 aromatic heterocycles. The van der Waals surface area contributed by atoms with Gasteiger partial charge in [-0.3, -0.25) is 19.7 Å². The summed E-state index contributed by atoms with van der Waals surface area (Å²) in [4.78, 5) is 60.8. The van der Waals surface area contributed by atoms with Gasteiger partial charge in [-0.25, -0.2) is 9.59 Å². The normalized spacial score (nSPS) is 17.2. The van der Waals surface area contributed by atoms with E-state index in [1.54, 1.807) is 27.7 Å². The minimum Gasteiger partial charge on any atom is -0.465 e. The lowest BCUT2D eigenvalue weighted by Gasteiger charge is -2.51. The predicted molar refractivity (Wildman–Crippen MR) is 104 cm³/mol. The van der Waals surface area contributed by atoms with Crippen LogP contribution in [0.1, 0.15) is 61.3 Å². The number of hydrogen-bond donors (Lipinski definition) is 0. The van der Waals surface area contributed by atoms with E-state index in [9.17, 15) is 29.3 Å². The molecule has 0 aliphatic carbocycles. The first kappa shape index (κ1) is 23.0. The van der Waals surface area contributed by atoms with Crippen molar-refractivity contribution < 1.29 is 33.6 Å². The second kappa shape index (κ2) is 8.21. The number of nitrogens with zero attached hydrogens (tertiary/aromatic N) is 2. The number of ketones is 1. The third-order valence-electron chi connectivity index (χ3n) is 4.83. The standard InChI is InChI=1S/C20H24N2O8/c1-19(2)9-15(23)10-20(3,4)21(19)16(24)11-30-18(26)13-6-12(17(25)29-5)7-14(8-13)22(27)28/h6-8H,9-11H2,1-5H3. The van der Waals surface area contributed by atoms with Crippen molar-refractivity contribution in [2.45, 2.75) is 51.6 Å². The molecule has 30 heavy (non-hydrogen) atoms. The van der Waals surface area contributed by atoms with Gasteiger partial charge in [0.1, 0.15) is 5.78 Å². The topological polar surface area (TPSA) is 133 Å². The van der Waals surface area contributed by atoms with Crippen LogP contribution in [0, 0.1) is 10.1 Å². The zero-order valence-corrected chi connectivity index (χ0v) is 17.5. The molecule has 0 spiro atoms. The number of ether oxygens (including phenoxy) is 2. The van der Waals surface area contributed by atoms with E-state index in [0.717, 1.165) is 25.3 Å². The van der Waals surface area contributed by atoms with Gasteiger partial charge < -0.3 is 14.4 Å². The first-order chi connectivity index (χ1) is 13.8. The molecule has 162 valence electrons. The van der Waals surface area contributed by atoms with Gasteiger partial charge in [0.05, 0.1) is 23.2 Å². The Morgan fingerprint density at radius 1 is 1.03 bits per heavy atom. The fraction of sp³-hybridized carbons (Fsp3) is 0.500. The maximum absolute atomic E-state index is 12.8. The van der Waals surface area contributed by atoms with Crippen LogP contribution in [0.5, 0.6) is 0 Å². The van der Waals surface area contributed by atoms with Gasteiger partial charge in [0.15, 0.2) is 6.61 Å². The Bertz CT molecular complexity index is 899. The minimum absolute atomic E-state index is 0.0398. The quantitative estimate of drug-likeness (QED) is 0.402. The molecule has 0 atom stereocenters. The summed E-state index contributed by atoms with van der Waals surface area (Å²) < 4.78 is 9.61. The van der Waals surface area contributed by atoms with Crippen molar-refractivity contribution in [3.8, 4) is 0 Å². The maximum atomic E-state index is 12.8. The molecule has 1 aromatic carbocycles. The number of methoxy groups -OCH3 is 1. The fourth-order valence-corrected chi connectivity index (χ4v) is 4.03. The van der Waals surface area contributed by atoms with Crippen molar-refractivity contribution >= 4 is 29.3 Å². The van der Waals surface area contributed by atoms with Crippen molar-refractivity contribution in [1.82, 2.24) is 4.90 Å². The molecule has 1 fully saturated rings. The number of nitro benzene ring substituents is 1. The van der Waals surface area contributed by atoms with E-state index in [0.29, 0.717) is 0 Å². The summed E-state index contributed by atoms with van der Waals surface area (Å²) in [5, 5.41) is 11.1. The summed E-state index contributed by atoms with van der Waals surface area (Å²) in [5.74, 6) is -2.31. The van der Waals surface area contributed by atoms with Crippen LogP contribution in [0.2, 0.25) is 0 Å². The molecule has 0 radical (unpaired) electrons. The van der Waals surface area contributed by atoms with E-state index >= 15 is 0 Å². The molecular weight excluding hydrogens is 396 g/mol. The number of hydrogen-bond acceptors (Lipinski definition) is 8. The van der Waals surface area contributed by atoms with Crippen molar-refractivity contribution in [2.75, 3.05) is 13.7 Å². The lowest BCUT2D eigenvalue weighted by molar-refractivity contribution is -0.384. The van der Waals surface area contributed by atoms with Crippen molar-refractivity contribution in [3.05, 3.63) is 39.4 Å². The van der Waals surface area contributed by atoms with Gasteiger partial charge in [0, 0.05) is 36.1 Å². The largest absolute Gasteiger partial charge is 0.465 e. The molecule has 0 bridgehead atoms. The van der Waals surface area contributed by atoms with Crippen molar-refractivity contribution in [2.24, 2.45) is 0 Å². The summed E-state index contributed by atoms with van der Waals surface area (Å²) in [6, 6.07) is 3.02. The fourth-order valence-electron chi connectivity index (χ4n) is 4.03. The van der Waals surface area contributed by atoms with Crippen LogP contribution in [-0.4, -0.2) is 58.2 Å². The van der Waals surface area contributed by atoms with Gasteiger partial charge in [-0.15, -0.1) is 0 Å². The number of carbonyl (C=O) groups excluding carboxylic acids is 4. The smallest absolute Gasteiger partial charge is 0.338 e. The monoisotopic (exact) mass is 420 g/mol. The highest BCUT2D eigenvalue weighted by Crippen LogP contribution is 2.36. The lowest BCUT2D eigenvalue weighted by atomic mass is 9.79. The lowest BCUT2D eigenvalue weighted by Crippen LogP contribution is -2.63. The van der Waals surface area contributed by atoms with Gasteiger partial charge in [-0.1, -0.05) is 0 Å². The predicted octanol–water partition coefficient (Wildman–Crippen LogP) is 2.29. The number of Topliss-reactive ketones (excluding diaryl/α,β-unsaturated/α-hetero) is 1. The first-order valence-electron chi connectivity index (χ1n) is 9.18. The summed E-state index contributed by atoms with van der Waals surface area (Å²) >= 11 is 0. The van der Waals surface area contributed by atoms with E-state index in [4.69, 9.17) is 4.74 Å². The van der Waals surface area contributed by atoms with Gasteiger partial charge in [-0.05, 0) is 33.8 Å². The highest BCUT2D eigenvalue weighted by atomic mass is 16.6. The van der Waals surface area contributed by atoms with Crippen LogP contribution < -0.4 is 0 Å². The van der Waals surface area contributed by atoms with Crippen molar-refractivity contribution in [1.29, 1.82) is 0 Å². The maximum Gasteiger partial charge on any atom is 0.338 e. The molecule has 1 heterocycles. The SMILES string of the molecule is COC(=O)c1cc(C(=O)OCC(=O)N2C(C)(C)CC(=O)CC2(C)C)cc([N+](=O)[O-])c1. The summed E-state index contributed by atoms with van der Waals surface area (Å²) in [7, 11) is 1.10. The molecule has 1 aromatic rings. The summed E-state index contributed by atoms with van der Waals surface area (Å²) in [6.45, 7) is 6.42. The number of piperidine rings is 1. The number of rotatable bonds is 5. The molecule has 1 aliphatic rings. The van der Waals surface area contributed by atoms with Gasteiger partial charge in [0.25, 0.3) is 11.6 Å². The molecule has 2 rings (SSSR count). The highest BCUT2D eigenvalue weighted by molar-refractivity contribution is 5.97. The Hall–Kier alpha value is -3.30. The van der Waals surface area contributed by atoms with Gasteiger partial charge in [0.2, 0.25) is 0 Å². The molecule has 0 saturated carbocycles. The highest BCUT2D eigenvalue weighted by Gasteiger charge is 2.47. The number of non-ortho nitro benzene ring substituents is 1. The van der Waals surface area contributed by atoms with Crippen LogP contribution in [0.25, 0.3) is 0 Å². The molecule has 1 amide bonds. The zero-order chi connectivity index (χ0) is 22.9. The van der Waals surface area contributed by atoms with Crippen LogP contribution >= 0.6 is 0 Å². The molecular formula is C20H24N2O8. The molecule has 0 unspecified atom stereocenters. The molecule has 1 aliphatic heterocycles. The number of nitro groups is 1. The van der Waals surface area contributed by atoms with E-state index < -0.39 is 46.1 Å². The van der Waals surface area contributed by atoms with E-state index in [1.165, 1.54) is 4.90 Å². The van der Waals surface area contributed by atoms with Crippen LogP contribution in [0.15, 0.2) is 18.2 Å². The Morgan fingerprint density at radius 3 is 2.00 bits per heavy atom. The second-order valence-corrected chi connectivity index (χ2v) is 8.34. The Morgan fingerprint density at radius 2 is 1.53 bits per heavy atom. The molecule has 1 saturated heterocycles. The molecule has 10 nitrogen and oxygen atoms in total. The van der Waals surface area contributed by atoms with Crippen molar-refractivity contribution in [3.63, 3.8) is 0 Å². The van der Waals surface area contributed by atoms with E-state index in [-0.39, 0.29) is 29.8 Å². The van der Waals surface area contributed by atoms with Gasteiger partial charge >= 0.3 is 11.9 Å². The number of likely N-dealkylation sites (tertiary alicyclic amines) is 1. The number of amides is 1. The Kier molecular flexibility index (Phi) is 6.29. The van der Waals surface area contributed by atoms with E-state index in [2.05, 4.69) is 4.74 Å². The summed E-state index contributed by atoms with van der Waals surface area (Å²) in [5.41, 5.74) is -2.46. The third-order valence-corrected chi connectivity index (χ3v) is 4.83. The van der Waals surface area contributed by atoms with E-state index in [1.807, 2.05) is 0 Å². The summed E-state index contributed by atoms with van der Waals surface area (Å²) in [6.07, 6.45) is 0.368. The van der Waals surface area contributed by atoms with Gasteiger partial charge in [-0.2, -0.15) is 0 Å². The Balaban J connectivity index is 2.21. The second-order valence-electron chi connectivity index (χ2n) is 8.34. The number of carbonyl (C=O) groups is 4. The van der Waals surface area contributed by atoms with Crippen LogP contribution in [0.4, 0.5) is 5.69 Å².